The van der Waals surface area contributed by atoms with E-state index in [1.807, 2.05) is 158 Å². The molecule has 6 nitrogen and oxygen atoms in total. The highest BCUT2D eigenvalue weighted by Crippen LogP contribution is 2.41. The van der Waals surface area contributed by atoms with Gasteiger partial charge in [-0.15, -0.1) is 0 Å². The molecule has 2 atom stereocenters. The maximum Gasteiger partial charge on any atom is 0.265 e. The van der Waals surface area contributed by atoms with Crippen LogP contribution in [-0.4, -0.2) is 23.6 Å². The molecule has 1 aliphatic carbocycles. The van der Waals surface area contributed by atoms with Gasteiger partial charge in [-0.1, -0.05) is 146 Å². The zero-order valence-electron chi connectivity index (χ0n) is 33.1. The summed E-state index contributed by atoms with van der Waals surface area (Å²) in [5.74, 6) is -0.891. The number of nitrogens with zero attached hydrogens (tertiary/aromatic N) is 2. The van der Waals surface area contributed by atoms with E-state index >= 15 is 0 Å². The van der Waals surface area contributed by atoms with Crippen molar-refractivity contribution in [3.05, 3.63) is 216 Å². The predicted octanol–water partition coefficient (Wildman–Crippen LogP) is 12.4. The van der Waals surface area contributed by atoms with E-state index < -0.39 is 0 Å². The van der Waals surface area contributed by atoms with Crippen molar-refractivity contribution in [1.82, 2.24) is 0 Å². The normalized spacial score (nSPS) is 16.9. The molecule has 0 saturated heterocycles. The molecular formula is C55H36N2O4. The number of anilines is 2. The molecule has 2 unspecified atom stereocenters. The van der Waals surface area contributed by atoms with Crippen LogP contribution in [0.25, 0.3) is 54.9 Å². The highest BCUT2D eigenvalue weighted by molar-refractivity contribution is 6.37. The van der Waals surface area contributed by atoms with Crippen LogP contribution in [0.2, 0.25) is 0 Å². The first kappa shape index (κ1) is 36.1. The van der Waals surface area contributed by atoms with Crippen molar-refractivity contribution in [3.8, 4) is 33.4 Å². The summed E-state index contributed by atoms with van der Waals surface area (Å²) in [7, 11) is 0. The number of amides is 4. The molecular weight excluding hydrogens is 753 g/mol. The summed E-state index contributed by atoms with van der Waals surface area (Å²) in [6.07, 6.45) is 8.48. The lowest BCUT2D eigenvalue weighted by Gasteiger charge is -2.29. The minimum Gasteiger partial charge on any atom is -0.268 e. The zero-order valence-corrected chi connectivity index (χ0v) is 33.1. The van der Waals surface area contributed by atoms with Crippen molar-refractivity contribution in [2.24, 2.45) is 5.92 Å². The summed E-state index contributed by atoms with van der Waals surface area (Å²) >= 11 is 0. The fourth-order valence-electron chi connectivity index (χ4n) is 9.41. The van der Waals surface area contributed by atoms with Crippen LogP contribution >= 0.6 is 0 Å². The quantitative estimate of drug-likeness (QED) is 0.157. The molecule has 0 spiro atoms. The van der Waals surface area contributed by atoms with Crippen molar-refractivity contribution in [3.63, 3.8) is 0 Å². The third-order valence-electron chi connectivity index (χ3n) is 12.5. The van der Waals surface area contributed by atoms with Gasteiger partial charge in [0.05, 0.1) is 11.4 Å². The van der Waals surface area contributed by atoms with E-state index in [0.29, 0.717) is 44.9 Å². The number of imide groups is 2. The number of carbonyl (C=O) groups excluding carboxylic acids is 4. The molecule has 0 radical (unpaired) electrons. The van der Waals surface area contributed by atoms with Gasteiger partial charge >= 0.3 is 0 Å². The summed E-state index contributed by atoms with van der Waals surface area (Å²) in [6.45, 7) is 2.18. The summed E-state index contributed by atoms with van der Waals surface area (Å²) in [6, 6.07) is 52.1. The Morgan fingerprint density at radius 1 is 0.361 bits per heavy atom. The third kappa shape index (κ3) is 5.71. The Balaban J connectivity index is 0.822. The first-order valence-electron chi connectivity index (χ1n) is 20.5. The number of hydrogen-bond donors (Lipinski definition) is 0. The topological polar surface area (TPSA) is 74.8 Å². The Labute approximate surface area is 352 Å². The Morgan fingerprint density at radius 3 is 1.31 bits per heavy atom. The number of allylic oxidation sites excluding steroid dienone is 4. The highest BCUT2D eigenvalue weighted by Gasteiger charge is 2.36. The molecule has 0 bridgehead atoms. The summed E-state index contributed by atoms with van der Waals surface area (Å²) in [4.78, 5) is 58.5. The van der Waals surface area contributed by atoms with Gasteiger partial charge in [0.2, 0.25) is 0 Å². The second-order valence-corrected chi connectivity index (χ2v) is 15.9. The smallest absolute Gasteiger partial charge is 0.265 e. The molecule has 0 aromatic heterocycles. The van der Waals surface area contributed by atoms with Gasteiger partial charge in [-0.2, -0.15) is 0 Å². The molecule has 61 heavy (non-hydrogen) atoms. The molecule has 11 rings (SSSR count). The molecule has 0 fully saturated rings. The van der Waals surface area contributed by atoms with Crippen molar-refractivity contribution in [1.29, 1.82) is 0 Å². The maximum atomic E-state index is 14.0. The molecule has 6 heteroatoms. The second-order valence-electron chi connectivity index (χ2n) is 15.9. The summed E-state index contributed by atoms with van der Waals surface area (Å²) in [5, 5.41) is 3.23. The second kappa shape index (κ2) is 14.1. The van der Waals surface area contributed by atoms with Gasteiger partial charge in [-0.05, 0) is 104 Å². The van der Waals surface area contributed by atoms with E-state index in [1.54, 1.807) is 6.07 Å². The molecule has 2 aliphatic heterocycles. The van der Waals surface area contributed by atoms with Gasteiger partial charge in [-0.25, -0.2) is 9.80 Å². The molecule has 0 N–H and O–H groups in total. The monoisotopic (exact) mass is 788 g/mol. The maximum absolute atomic E-state index is 14.0. The molecule has 0 saturated carbocycles. The van der Waals surface area contributed by atoms with Gasteiger partial charge in [0, 0.05) is 38.9 Å². The van der Waals surface area contributed by atoms with Crippen LogP contribution in [0.1, 0.15) is 59.8 Å². The first-order chi connectivity index (χ1) is 29.9. The van der Waals surface area contributed by atoms with Crippen molar-refractivity contribution in [2.75, 3.05) is 9.80 Å². The SMILES string of the molecule is CC1C=CC=CC1c1ccc2c3c(cccc13)C(=O)N(c1ccc(-c3ccc(-c4ccc(N5C(=O)c6cccc7c(-c8ccccc8)ccc(c67)C5=O)cc4)cc3)cc1)C2=O. The van der Waals surface area contributed by atoms with Gasteiger partial charge < -0.3 is 0 Å². The van der Waals surface area contributed by atoms with Crippen LogP contribution in [0.5, 0.6) is 0 Å². The Hall–Kier alpha value is -7.96. The standard InChI is InChI=1S/C55H36N2O4/c1-33-9-5-6-12-41(33)43-30-32-49-51-45(43)14-8-16-47(51)53(59)57(55(49)61)40-27-23-37(24-28-40)35-19-17-34(18-20-35)36-21-25-39(26-22-36)56-52(58)46-15-7-13-44-42(38-10-3-2-4-11-38)29-31-48(50(44)46)54(56)60/h2-33,41H,1H3. The van der Waals surface area contributed by atoms with Crippen LogP contribution < -0.4 is 9.80 Å². The zero-order chi connectivity index (χ0) is 41.4. The lowest BCUT2D eigenvalue weighted by Crippen LogP contribution is -2.40. The Kier molecular flexibility index (Phi) is 8.36. The van der Waals surface area contributed by atoms with Gasteiger partial charge in [0.15, 0.2) is 0 Å². The molecule has 4 amide bonds. The molecule has 290 valence electrons. The number of benzene rings is 8. The van der Waals surface area contributed by atoms with Crippen LogP contribution in [0.4, 0.5) is 11.4 Å². The van der Waals surface area contributed by atoms with Crippen molar-refractivity contribution >= 4 is 56.5 Å². The molecule has 2 heterocycles. The van der Waals surface area contributed by atoms with Crippen LogP contribution in [-0.2, 0) is 0 Å². The molecule has 8 aromatic rings. The fourth-order valence-corrected chi connectivity index (χ4v) is 9.41. The van der Waals surface area contributed by atoms with Gasteiger partial charge in [0.25, 0.3) is 23.6 Å². The van der Waals surface area contributed by atoms with E-state index in [9.17, 15) is 19.2 Å². The lowest BCUT2D eigenvalue weighted by atomic mass is 9.80. The van der Waals surface area contributed by atoms with E-state index in [2.05, 4.69) is 31.2 Å². The van der Waals surface area contributed by atoms with Crippen LogP contribution in [0.3, 0.4) is 0 Å². The number of hydrogen-bond acceptors (Lipinski definition) is 4. The van der Waals surface area contributed by atoms with Gasteiger partial charge in [0.1, 0.15) is 0 Å². The minimum absolute atomic E-state index is 0.161. The summed E-state index contributed by atoms with van der Waals surface area (Å²) < 4.78 is 0. The van der Waals surface area contributed by atoms with Gasteiger partial charge in [-0.3, -0.25) is 19.2 Å². The van der Waals surface area contributed by atoms with Crippen molar-refractivity contribution < 1.29 is 19.2 Å². The average molecular weight is 789 g/mol. The fraction of sp³-hybridized carbons (Fsp3) is 0.0545. The van der Waals surface area contributed by atoms with E-state index in [0.717, 1.165) is 55.1 Å². The van der Waals surface area contributed by atoms with Crippen LogP contribution in [0, 0.1) is 5.92 Å². The average Bonchev–Trinajstić information content (AvgIpc) is 3.31. The predicted molar refractivity (Wildman–Crippen MR) is 243 cm³/mol. The number of rotatable bonds is 6. The molecule has 3 aliphatic rings. The van der Waals surface area contributed by atoms with E-state index in [1.165, 1.54) is 9.80 Å². The third-order valence-corrected chi connectivity index (χ3v) is 12.5. The number of carbonyl (C=O) groups is 4. The largest absolute Gasteiger partial charge is 0.268 e. The van der Waals surface area contributed by atoms with E-state index in [4.69, 9.17) is 0 Å². The summed E-state index contributed by atoms with van der Waals surface area (Å²) in [5.41, 5.74) is 10.0. The molecule has 8 aromatic carbocycles. The highest BCUT2D eigenvalue weighted by atomic mass is 16.2. The Morgan fingerprint density at radius 2 is 0.787 bits per heavy atom. The Bertz CT molecular complexity index is 3170. The van der Waals surface area contributed by atoms with E-state index in [-0.39, 0.29) is 29.5 Å². The van der Waals surface area contributed by atoms with Crippen molar-refractivity contribution in [2.45, 2.75) is 12.8 Å². The minimum atomic E-state index is -0.346. The first-order valence-corrected chi connectivity index (χ1v) is 20.5. The lowest BCUT2D eigenvalue weighted by molar-refractivity contribution is 0.0877. The van der Waals surface area contributed by atoms with Crippen LogP contribution in [0.15, 0.2) is 188 Å².